The molecular weight excluding hydrogens is 204 g/mol. The molecule has 1 atom stereocenters. The highest BCUT2D eigenvalue weighted by Crippen LogP contribution is 2.16. The molecule has 0 aromatic carbocycles. The largest absolute Gasteiger partial charge is 0.471 e. The van der Waals surface area contributed by atoms with Crippen molar-refractivity contribution >= 4 is 0 Å². The van der Waals surface area contributed by atoms with Gasteiger partial charge in [-0.25, -0.2) is 4.98 Å². The Labute approximate surface area is 95.8 Å². The third-order valence-corrected chi connectivity index (χ3v) is 1.99. The van der Waals surface area contributed by atoms with E-state index in [9.17, 15) is 0 Å². The second-order valence-corrected chi connectivity index (χ2v) is 3.51. The molecule has 0 N–H and O–H groups in total. The lowest BCUT2D eigenvalue weighted by Gasteiger charge is -2.14. The van der Waals surface area contributed by atoms with E-state index >= 15 is 0 Å². The van der Waals surface area contributed by atoms with E-state index in [2.05, 4.69) is 11.1 Å². The predicted molar refractivity (Wildman–Crippen MR) is 60.3 cm³/mol. The van der Waals surface area contributed by atoms with Crippen molar-refractivity contribution in [1.82, 2.24) is 4.98 Å². The number of pyridine rings is 1. The van der Waals surface area contributed by atoms with E-state index in [1.807, 2.05) is 20.8 Å². The van der Waals surface area contributed by atoms with E-state index in [1.54, 1.807) is 12.1 Å². The minimum absolute atomic E-state index is 0.110. The number of ether oxygens (including phenoxy) is 2. The number of nitriles is 1. The Bertz CT molecular complexity index is 385. The van der Waals surface area contributed by atoms with Crippen molar-refractivity contribution in [3.05, 3.63) is 23.4 Å². The molecule has 1 aromatic heterocycles. The molecule has 0 amide bonds. The van der Waals surface area contributed by atoms with Crippen LogP contribution in [0.25, 0.3) is 0 Å². The van der Waals surface area contributed by atoms with Gasteiger partial charge in [0.1, 0.15) is 17.7 Å². The summed E-state index contributed by atoms with van der Waals surface area (Å²) in [7, 11) is 0. The number of aromatic nitrogens is 1. The Kier molecular flexibility index (Phi) is 4.74. The van der Waals surface area contributed by atoms with Crippen molar-refractivity contribution in [2.45, 2.75) is 26.9 Å². The third kappa shape index (κ3) is 3.52. The number of rotatable bonds is 5. The molecule has 1 heterocycles. The fourth-order valence-electron chi connectivity index (χ4n) is 1.22. The number of nitrogens with zero attached hydrogens (tertiary/aromatic N) is 2. The normalized spacial score (nSPS) is 11.9. The van der Waals surface area contributed by atoms with Crippen LogP contribution in [0, 0.1) is 18.3 Å². The van der Waals surface area contributed by atoms with Crippen LogP contribution >= 0.6 is 0 Å². The molecule has 0 spiro atoms. The molecule has 4 nitrogen and oxygen atoms in total. The maximum Gasteiger partial charge on any atom is 0.232 e. The van der Waals surface area contributed by atoms with Crippen LogP contribution in [0.5, 0.6) is 5.88 Å². The second-order valence-electron chi connectivity index (χ2n) is 3.51. The number of aryl methyl sites for hydroxylation is 1. The Hall–Kier alpha value is -1.60. The Morgan fingerprint density at radius 2 is 2.25 bits per heavy atom. The molecule has 1 rings (SSSR count). The van der Waals surface area contributed by atoms with Crippen LogP contribution in [-0.2, 0) is 4.74 Å². The minimum atomic E-state index is -0.110. The molecule has 0 bridgehead atoms. The molecule has 0 aliphatic carbocycles. The van der Waals surface area contributed by atoms with E-state index in [4.69, 9.17) is 14.7 Å². The van der Waals surface area contributed by atoms with Gasteiger partial charge >= 0.3 is 0 Å². The van der Waals surface area contributed by atoms with Gasteiger partial charge in [0.2, 0.25) is 5.88 Å². The van der Waals surface area contributed by atoms with E-state index in [-0.39, 0.29) is 6.10 Å². The van der Waals surface area contributed by atoms with E-state index in [0.717, 1.165) is 5.69 Å². The average Bonchev–Trinajstić information content (AvgIpc) is 2.27. The topological polar surface area (TPSA) is 55.1 Å². The number of hydrogen-bond donors (Lipinski definition) is 0. The van der Waals surface area contributed by atoms with Crippen LogP contribution in [0.3, 0.4) is 0 Å². The molecule has 1 unspecified atom stereocenters. The monoisotopic (exact) mass is 220 g/mol. The van der Waals surface area contributed by atoms with Crippen LogP contribution < -0.4 is 4.74 Å². The summed E-state index contributed by atoms with van der Waals surface area (Å²) in [5.74, 6) is 0.384. The van der Waals surface area contributed by atoms with Crippen molar-refractivity contribution in [2.75, 3.05) is 13.2 Å². The van der Waals surface area contributed by atoms with Crippen LogP contribution in [0.15, 0.2) is 12.1 Å². The van der Waals surface area contributed by atoms with E-state index in [1.165, 1.54) is 0 Å². The predicted octanol–water partition coefficient (Wildman–Crippen LogP) is 2.07. The zero-order valence-electron chi connectivity index (χ0n) is 9.86. The first kappa shape index (κ1) is 12.5. The Morgan fingerprint density at radius 1 is 1.50 bits per heavy atom. The molecule has 16 heavy (non-hydrogen) atoms. The summed E-state index contributed by atoms with van der Waals surface area (Å²) < 4.78 is 10.8. The van der Waals surface area contributed by atoms with Crippen molar-refractivity contribution in [3.8, 4) is 11.9 Å². The lowest BCUT2D eigenvalue weighted by atomic mass is 10.2. The summed E-state index contributed by atoms with van der Waals surface area (Å²) in [5, 5.41) is 8.90. The smallest absolute Gasteiger partial charge is 0.232 e. The fraction of sp³-hybridized carbons (Fsp3) is 0.500. The van der Waals surface area contributed by atoms with Crippen molar-refractivity contribution in [2.24, 2.45) is 0 Å². The third-order valence-electron chi connectivity index (χ3n) is 1.99. The maximum atomic E-state index is 8.90. The van der Waals surface area contributed by atoms with E-state index in [0.29, 0.717) is 24.7 Å². The molecule has 0 saturated carbocycles. The first-order valence-corrected chi connectivity index (χ1v) is 5.29. The highest BCUT2D eigenvalue weighted by molar-refractivity contribution is 5.38. The van der Waals surface area contributed by atoms with Gasteiger partial charge in [0.15, 0.2) is 0 Å². The van der Waals surface area contributed by atoms with E-state index < -0.39 is 0 Å². The zero-order valence-corrected chi connectivity index (χ0v) is 9.86. The quantitative estimate of drug-likeness (QED) is 0.762. The Balaban J connectivity index is 2.72. The zero-order chi connectivity index (χ0) is 12.0. The summed E-state index contributed by atoms with van der Waals surface area (Å²) in [4.78, 5) is 4.19. The van der Waals surface area contributed by atoms with Crippen LogP contribution in [-0.4, -0.2) is 24.3 Å². The highest BCUT2D eigenvalue weighted by atomic mass is 16.5. The minimum Gasteiger partial charge on any atom is -0.471 e. The highest BCUT2D eigenvalue weighted by Gasteiger charge is 2.10. The average molecular weight is 220 g/mol. The summed E-state index contributed by atoms with van der Waals surface area (Å²) in [6, 6.07) is 5.56. The van der Waals surface area contributed by atoms with Gasteiger partial charge in [0.25, 0.3) is 0 Å². The molecule has 0 aliphatic heterocycles. The summed E-state index contributed by atoms with van der Waals surface area (Å²) in [5.41, 5.74) is 1.28. The van der Waals surface area contributed by atoms with Gasteiger partial charge in [-0.05, 0) is 32.9 Å². The number of hydrogen-bond acceptors (Lipinski definition) is 4. The van der Waals surface area contributed by atoms with Gasteiger partial charge in [0.05, 0.1) is 6.61 Å². The van der Waals surface area contributed by atoms with Gasteiger partial charge in [-0.2, -0.15) is 5.26 Å². The fourth-order valence-corrected chi connectivity index (χ4v) is 1.22. The molecule has 4 heteroatoms. The standard InChI is InChI=1S/C12H16N2O2/c1-4-15-8-10(3)16-12-11(7-13)6-5-9(2)14-12/h5-6,10H,4,8H2,1-3H3. The lowest BCUT2D eigenvalue weighted by molar-refractivity contribution is 0.0631. The van der Waals surface area contributed by atoms with Crippen molar-refractivity contribution in [3.63, 3.8) is 0 Å². The Morgan fingerprint density at radius 3 is 2.88 bits per heavy atom. The van der Waals surface area contributed by atoms with Crippen LogP contribution in [0.2, 0.25) is 0 Å². The van der Waals surface area contributed by atoms with Gasteiger partial charge in [0, 0.05) is 12.3 Å². The first-order chi connectivity index (χ1) is 7.67. The summed E-state index contributed by atoms with van der Waals surface area (Å²) in [6.07, 6.45) is -0.110. The summed E-state index contributed by atoms with van der Waals surface area (Å²) in [6.45, 7) is 6.83. The van der Waals surface area contributed by atoms with Gasteiger partial charge in [-0.3, -0.25) is 0 Å². The molecule has 1 aromatic rings. The van der Waals surface area contributed by atoms with Crippen molar-refractivity contribution in [1.29, 1.82) is 5.26 Å². The molecule has 0 fully saturated rings. The van der Waals surface area contributed by atoms with Gasteiger partial charge in [-0.1, -0.05) is 0 Å². The first-order valence-electron chi connectivity index (χ1n) is 5.29. The SMILES string of the molecule is CCOCC(C)Oc1nc(C)ccc1C#N. The van der Waals surface area contributed by atoms with Gasteiger partial charge < -0.3 is 9.47 Å². The lowest BCUT2D eigenvalue weighted by Crippen LogP contribution is -2.20. The molecule has 0 saturated heterocycles. The molecule has 86 valence electrons. The van der Waals surface area contributed by atoms with Crippen molar-refractivity contribution < 1.29 is 9.47 Å². The molecule has 0 aliphatic rings. The molecular formula is C12H16N2O2. The van der Waals surface area contributed by atoms with Crippen LogP contribution in [0.4, 0.5) is 0 Å². The maximum absolute atomic E-state index is 8.90. The summed E-state index contributed by atoms with van der Waals surface area (Å²) >= 11 is 0. The molecule has 0 radical (unpaired) electrons. The second kappa shape index (κ2) is 6.09. The van der Waals surface area contributed by atoms with Crippen LogP contribution in [0.1, 0.15) is 25.1 Å². The van der Waals surface area contributed by atoms with Gasteiger partial charge in [-0.15, -0.1) is 0 Å².